The fourth-order valence-corrected chi connectivity index (χ4v) is 3.97. The highest BCUT2D eigenvalue weighted by Crippen LogP contribution is 2.28. The van der Waals surface area contributed by atoms with Gasteiger partial charge in [0, 0.05) is 4.47 Å². The molecular formula is C15H13BrFNO3S. The van der Waals surface area contributed by atoms with Crippen molar-refractivity contribution in [3.63, 3.8) is 0 Å². The van der Waals surface area contributed by atoms with Gasteiger partial charge in [-0.05, 0) is 54.4 Å². The average molecular weight is 386 g/mol. The van der Waals surface area contributed by atoms with Gasteiger partial charge in [0.1, 0.15) is 18.2 Å². The first kappa shape index (κ1) is 15.5. The Hall–Kier alpha value is -1.44. The Bertz CT molecular complexity index is 793. The molecule has 0 saturated heterocycles. The van der Waals surface area contributed by atoms with Gasteiger partial charge >= 0.3 is 0 Å². The molecule has 1 N–H and O–H groups in total. The first-order valence-electron chi connectivity index (χ1n) is 6.63. The number of benzene rings is 2. The molecule has 4 nitrogen and oxygen atoms in total. The second kappa shape index (κ2) is 5.98. The van der Waals surface area contributed by atoms with Crippen molar-refractivity contribution >= 4 is 26.0 Å². The van der Waals surface area contributed by atoms with Crippen LogP contribution in [0.3, 0.4) is 0 Å². The first-order chi connectivity index (χ1) is 10.4. The van der Waals surface area contributed by atoms with Crippen molar-refractivity contribution < 1.29 is 17.5 Å². The highest BCUT2D eigenvalue weighted by Gasteiger charge is 2.25. The molecule has 0 bridgehead atoms. The van der Waals surface area contributed by atoms with E-state index in [0.29, 0.717) is 6.42 Å². The van der Waals surface area contributed by atoms with Gasteiger partial charge in [-0.1, -0.05) is 15.9 Å². The Kier molecular flexibility index (Phi) is 4.20. The molecule has 1 atom stereocenters. The summed E-state index contributed by atoms with van der Waals surface area (Å²) in [6.45, 7) is 0.259. The number of hydrogen-bond donors (Lipinski definition) is 1. The van der Waals surface area contributed by atoms with E-state index in [1.807, 2.05) is 18.2 Å². The van der Waals surface area contributed by atoms with Crippen LogP contribution in [0.4, 0.5) is 4.39 Å². The summed E-state index contributed by atoms with van der Waals surface area (Å²) in [4.78, 5) is 0.0361. The Labute approximate surface area is 136 Å². The van der Waals surface area contributed by atoms with Crippen molar-refractivity contribution in [1.82, 2.24) is 4.72 Å². The van der Waals surface area contributed by atoms with E-state index in [-0.39, 0.29) is 17.5 Å². The Morgan fingerprint density at radius 2 is 1.91 bits per heavy atom. The fraction of sp³-hybridized carbons (Fsp3) is 0.200. The number of nitrogens with one attached hydrogen (secondary N) is 1. The van der Waals surface area contributed by atoms with Gasteiger partial charge in [0.15, 0.2) is 0 Å². The molecule has 1 heterocycles. The molecule has 116 valence electrons. The summed E-state index contributed by atoms with van der Waals surface area (Å²) < 4.78 is 46.6. The summed E-state index contributed by atoms with van der Waals surface area (Å²) in [5.41, 5.74) is 0.937. The molecule has 1 aliphatic rings. The second-order valence-electron chi connectivity index (χ2n) is 5.04. The maximum Gasteiger partial charge on any atom is 0.240 e. The van der Waals surface area contributed by atoms with Gasteiger partial charge in [-0.25, -0.2) is 17.5 Å². The van der Waals surface area contributed by atoms with E-state index in [4.69, 9.17) is 4.74 Å². The standard InChI is InChI=1S/C15H13BrFNO3S/c16-11-1-6-15-10(7-11)8-13(9-21-15)18-22(19,20)14-4-2-12(17)3-5-14/h1-7,13,18H,8-9H2/t13-/m0/s1. The largest absolute Gasteiger partial charge is 0.492 e. The Morgan fingerprint density at radius 1 is 1.18 bits per heavy atom. The van der Waals surface area contributed by atoms with E-state index in [0.717, 1.165) is 27.9 Å². The normalized spacial score (nSPS) is 17.6. The number of rotatable bonds is 3. The van der Waals surface area contributed by atoms with Crippen LogP contribution in [0.15, 0.2) is 51.8 Å². The number of fused-ring (bicyclic) bond motifs is 1. The topological polar surface area (TPSA) is 55.4 Å². The van der Waals surface area contributed by atoms with Crippen molar-refractivity contribution in [1.29, 1.82) is 0 Å². The van der Waals surface area contributed by atoms with Crippen LogP contribution in [0.2, 0.25) is 0 Å². The molecule has 0 fully saturated rings. The van der Waals surface area contributed by atoms with Gasteiger partial charge in [-0.2, -0.15) is 0 Å². The molecule has 3 rings (SSSR count). The zero-order chi connectivity index (χ0) is 15.7. The molecule has 2 aromatic carbocycles. The summed E-state index contributed by atoms with van der Waals surface area (Å²) in [7, 11) is -3.70. The van der Waals surface area contributed by atoms with Crippen LogP contribution in [0, 0.1) is 5.82 Å². The van der Waals surface area contributed by atoms with Crippen LogP contribution < -0.4 is 9.46 Å². The highest BCUT2D eigenvalue weighted by atomic mass is 79.9. The van der Waals surface area contributed by atoms with Crippen LogP contribution in [-0.4, -0.2) is 21.1 Å². The van der Waals surface area contributed by atoms with Gasteiger partial charge in [-0.15, -0.1) is 0 Å². The summed E-state index contributed by atoms with van der Waals surface area (Å²) in [6, 6.07) is 10.0. The van der Waals surface area contributed by atoms with Crippen molar-refractivity contribution in [2.24, 2.45) is 0 Å². The third kappa shape index (κ3) is 3.31. The van der Waals surface area contributed by atoms with E-state index < -0.39 is 15.8 Å². The fourth-order valence-electron chi connectivity index (χ4n) is 2.34. The molecule has 2 aromatic rings. The summed E-state index contributed by atoms with van der Waals surface area (Å²) in [5.74, 6) is 0.291. The minimum atomic E-state index is -3.70. The molecule has 0 unspecified atom stereocenters. The monoisotopic (exact) mass is 385 g/mol. The van der Waals surface area contributed by atoms with E-state index >= 15 is 0 Å². The Balaban J connectivity index is 1.78. The van der Waals surface area contributed by atoms with Gasteiger partial charge in [0.25, 0.3) is 0 Å². The van der Waals surface area contributed by atoms with E-state index in [9.17, 15) is 12.8 Å². The maximum atomic E-state index is 12.9. The van der Waals surface area contributed by atoms with Gasteiger partial charge in [0.05, 0.1) is 10.9 Å². The SMILES string of the molecule is O=S(=O)(N[C@@H]1COc2ccc(Br)cc2C1)c1ccc(F)cc1. The quantitative estimate of drug-likeness (QED) is 0.883. The van der Waals surface area contributed by atoms with Crippen LogP contribution in [0.25, 0.3) is 0 Å². The zero-order valence-electron chi connectivity index (χ0n) is 11.4. The lowest BCUT2D eigenvalue weighted by atomic mass is 10.0. The second-order valence-corrected chi connectivity index (χ2v) is 7.67. The van der Waals surface area contributed by atoms with Crippen molar-refractivity contribution in [3.05, 3.63) is 58.3 Å². The Morgan fingerprint density at radius 3 is 2.64 bits per heavy atom. The van der Waals surface area contributed by atoms with Crippen LogP contribution >= 0.6 is 15.9 Å². The minimum Gasteiger partial charge on any atom is -0.492 e. The van der Waals surface area contributed by atoms with E-state index in [2.05, 4.69) is 20.7 Å². The molecule has 0 aliphatic carbocycles. The van der Waals surface area contributed by atoms with Crippen molar-refractivity contribution in [3.8, 4) is 5.75 Å². The zero-order valence-corrected chi connectivity index (χ0v) is 13.8. The molecule has 0 amide bonds. The number of halogens is 2. The minimum absolute atomic E-state index is 0.0361. The summed E-state index contributed by atoms with van der Waals surface area (Å²) in [5, 5.41) is 0. The molecule has 0 aromatic heterocycles. The van der Waals surface area contributed by atoms with Crippen LogP contribution in [0.1, 0.15) is 5.56 Å². The predicted molar refractivity (Wildman–Crippen MR) is 83.9 cm³/mol. The van der Waals surface area contributed by atoms with Crippen LogP contribution in [-0.2, 0) is 16.4 Å². The van der Waals surface area contributed by atoms with Gasteiger partial charge in [0.2, 0.25) is 10.0 Å². The van der Waals surface area contributed by atoms with Crippen molar-refractivity contribution in [2.75, 3.05) is 6.61 Å². The molecule has 0 spiro atoms. The van der Waals surface area contributed by atoms with Gasteiger partial charge < -0.3 is 4.74 Å². The molecule has 0 radical (unpaired) electrons. The number of hydrogen-bond acceptors (Lipinski definition) is 3. The maximum absolute atomic E-state index is 12.9. The molecule has 22 heavy (non-hydrogen) atoms. The lowest BCUT2D eigenvalue weighted by molar-refractivity contribution is 0.254. The predicted octanol–water partition coefficient (Wildman–Crippen LogP) is 2.87. The summed E-state index contributed by atoms with van der Waals surface area (Å²) >= 11 is 3.39. The molecule has 1 aliphatic heterocycles. The summed E-state index contributed by atoms with van der Waals surface area (Å²) in [6.07, 6.45) is 0.537. The average Bonchev–Trinajstić information content (AvgIpc) is 2.47. The van der Waals surface area contributed by atoms with Crippen LogP contribution in [0.5, 0.6) is 5.75 Å². The molecular weight excluding hydrogens is 373 g/mol. The van der Waals surface area contributed by atoms with Gasteiger partial charge in [-0.3, -0.25) is 0 Å². The lowest BCUT2D eigenvalue weighted by Crippen LogP contribution is -2.42. The number of sulfonamides is 1. The molecule has 7 heteroatoms. The van der Waals surface area contributed by atoms with Crippen molar-refractivity contribution in [2.45, 2.75) is 17.4 Å². The number of ether oxygens (including phenoxy) is 1. The lowest BCUT2D eigenvalue weighted by Gasteiger charge is -2.26. The first-order valence-corrected chi connectivity index (χ1v) is 8.91. The van der Waals surface area contributed by atoms with E-state index in [1.54, 1.807) is 0 Å². The molecule has 0 saturated carbocycles. The highest BCUT2D eigenvalue weighted by molar-refractivity contribution is 9.10. The smallest absolute Gasteiger partial charge is 0.240 e. The third-order valence-electron chi connectivity index (χ3n) is 3.37. The van der Waals surface area contributed by atoms with E-state index in [1.165, 1.54) is 12.1 Å². The third-order valence-corrected chi connectivity index (χ3v) is 5.40.